The third-order valence-corrected chi connectivity index (χ3v) is 3.04. The normalized spacial score (nSPS) is 32.5. The van der Waals surface area contributed by atoms with Crippen LogP contribution in [0.2, 0.25) is 0 Å². The summed E-state index contributed by atoms with van der Waals surface area (Å²) < 4.78 is 0. The Hall–Kier alpha value is -0.520. The van der Waals surface area contributed by atoms with E-state index in [2.05, 4.69) is 24.7 Å². The fourth-order valence-corrected chi connectivity index (χ4v) is 1.90. The molecule has 1 aliphatic rings. The molecule has 1 aliphatic heterocycles. The van der Waals surface area contributed by atoms with E-state index in [1.165, 1.54) is 0 Å². The Morgan fingerprint density at radius 1 is 1.69 bits per heavy atom. The lowest BCUT2D eigenvalue weighted by atomic mass is 9.93. The van der Waals surface area contributed by atoms with E-state index in [-0.39, 0.29) is 0 Å². The molecule has 2 N–H and O–H groups in total. The molecular formula is C11H20N2. The van der Waals surface area contributed by atoms with E-state index in [0.717, 1.165) is 25.9 Å². The van der Waals surface area contributed by atoms with Crippen molar-refractivity contribution in [2.24, 2.45) is 11.7 Å². The van der Waals surface area contributed by atoms with Crippen molar-refractivity contribution >= 4 is 0 Å². The molecule has 1 rings (SSSR count). The molecule has 2 heteroatoms. The maximum Gasteiger partial charge on any atom is 0.0240 e. The Kier molecular flexibility index (Phi) is 3.77. The molecule has 0 spiro atoms. The van der Waals surface area contributed by atoms with Gasteiger partial charge in [0.05, 0.1) is 0 Å². The molecule has 0 saturated carbocycles. The number of nitrogens with zero attached hydrogens (tertiary/aromatic N) is 1. The number of nitrogens with two attached hydrogens (primary N) is 1. The van der Waals surface area contributed by atoms with Crippen molar-refractivity contribution in [3.8, 4) is 12.3 Å². The standard InChI is InChI=1S/C11H20N2/c1-4-5-10(3)13-7-6-11(12)9(2)8-13/h1,9-11H,5-8,12H2,2-3H3. The average molecular weight is 180 g/mol. The van der Waals surface area contributed by atoms with Crippen LogP contribution in [0.25, 0.3) is 0 Å². The lowest BCUT2D eigenvalue weighted by Crippen LogP contribution is -2.48. The van der Waals surface area contributed by atoms with Crippen molar-refractivity contribution in [3.63, 3.8) is 0 Å². The lowest BCUT2D eigenvalue weighted by molar-refractivity contribution is 0.126. The second-order valence-electron chi connectivity index (χ2n) is 4.18. The first-order valence-electron chi connectivity index (χ1n) is 5.08. The van der Waals surface area contributed by atoms with E-state index < -0.39 is 0 Å². The van der Waals surface area contributed by atoms with E-state index in [4.69, 9.17) is 12.2 Å². The third-order valence-electron chi connectivity index (χ3n) is 3.04. The zero-order valence-corrected chi connectivity index (χ0v) is 8.66. The highest BCUT2D eigenvalue weighted by Crippen LogP contribution is 2.17. The summed E-state index contributed by atoms with van der Waals surface area (Å²) >= 11 is 0. The first kappa shape index (κ1) is 10.6. The van der Waals surface area contributed by atoms with Gasteiger partial charge in [-0.05, 0) is 25.8 Å². The maximum atomic E-state index is 5.95. The fraction of sp³-hybridized carbons (Fsp3) is 0.818. The molecule has 74 valence electrons. The number of likely N-dealkylation sites (tertiary alicyclic amines) is 1. The molecule has 0 aliphatic carbocycles. The quantitative estimate of drug-likeness (QED) is 0.644. The van der Waals surface area contributed by atoms with Crippen molar-refractivity contribution in [2.45, 2.75) is 38.8 Å². The predicted molar refractivity (Wildman–Crippen MR) is 56.2 cm³/mol. The van der Waals surface area contributed by atoms with E-state index in [0.29, 0.717) is 18.0 Å². The van der Waals surface area contributed by atoms with Crippen LogP contribution >= 0.6 is 0 Å². The van der Waals surface area contributed by atoms with Crippen molar-refractivity contribution in [3.05, 3.63) is 0 Å². The summed E-state index contributed by atoms with van der Waals surface area (Å²) in [6.07, 6.45) is 7.25. The van der Waals surface area contributed by atoms with Gasteiger partial charge in [-0.1, -0.05) is 6.92 Å². The summed E-state index contributed by atoms with van der Waals surface area (Å²) in [4.78, 5) is 2.45. The highest BCUT2D eigenvalue weighted by molar-refractivity contribution is 4.91. The second-order valence-corrected chi connectivity index (χ2v) is 4.18. The van der Waals surface area contributed by atoms with Crippen LogP contribution < -0.4 is 5.73 Å². The van der Waals surface area contributed by atoms with Gasteiger partial charge in [0.2, 0.25) is 0 Å². The van der Waals surface area contributed by atoms with Crippen molar-refractivity contribution < 1.29 is 0 Å². The van der Waals surface area contributed by atoms with Crippen LogP contribution in [0.3, 0.4) is 0 Å². The molecule has 1 fully saturated rings. The topological polar surface area (TPSA) is 29.3 Å². The molecule has 0 aromatic rings. The highest BCUT2D eigenvalue weighted by Gasteiger charge is 2.25. The molecule has 0 amide bonds. The van der Waals surface area contributed by atoms with E-state index in [9.17, 15) is 0 Å². The molecule has 1 heterocycles. The monoisotopic (exact) mass is 180 g/mol. The van der Waals surface area contributed by atoms with Crippen LogP contribution in [0.4, 0.5) is 0 Å². The van der Waals surface area contributed by atoms with Crippen molar-refractivity contribution in [2.75, 3.05) is 13.1 Å². The molecule has 2 nitrogen and oxygen atoms in total. The van der Waals surface area contributed by atoms with Gasteiger partial charge >= 0.3 is 0 Å². The lowest BCUT2D eigenvalue weighted by Gasteiger charge is -2.38. The summed E-state index contributed by atoms with van der Waals surface area (Å²) in [5, 5.41) is 0. The van der Waals surface area contributed by atoms with Crippen LogP contribution in [-0.2, 0) is 0 Å². The van der Waals surface area contributed by atoms with Crippen LogP contribution in [0.1, 0.15) is 26.7 Å². The minimum atomic E-state index is 0.384. The molecule has 13 heavy (non-hydrogen) atoms. The van der Waals surface area contributed by atoms with Gasteiger partial charge < -0.3 is 5.73 Å². The van der Waals surface area contributed by atoms with Crippen LogP contribution in [-0.4, -0.2) is 30.1 Å². The molecular weight excluding hydrogens is 160 g/mol. The number of hydrogen-bond acceptors (Lipinski definition) is 2. The van der Waals surface area contributed by atoms with Crippen molar-refractivity contribution in [1.29, 1.82) is 0 Å². The minimum absolute atomic E-state index is 0.384. The molecule has 1 saturated heterocycles. The predicted octanol–water partition coefficient (Wildman–Crippen LogP) is 1.07. The molecule has 3 unspecified atom stereocenters. The first-order chi connectivity index (χ1) is 6.15. The Morgan fingerprint density at radius 3 is 2.92 bits per heavy atom. The minimum Gasteiger partial charge on any atom is -0.327 e. The van der Waals surface area contributed by atoms with Crippen LogP contribution in [0.5, 0.6) is 0 Å². The Morgan fingerprint density at radius 2 is 2.38 bits per heavy atom. The number of rotatable bonds is 2. The Labute approximate surface area is 81.5 Å². The fourth-order valence-electron chi connectivity index (χ4n) is 1.90. The SMILES string of the molecule is C#CCC(C)N1CCC(N)C(C)C1. The van der Waals surface area contributed by atoms with Gasteiger partial charge in [0.25, 0.3) is 0 Å². The van der Waals surface area contributed by atoms with E-state index >= 15 is 0 Å². The summed E-state index contributed by atoms with van der Waals surface area (Å²) in [6, 6.07) is 0.897. The number of piperidine rings is 1. The van der Waals surface area contributed by atoms with Gasteiger partial charge in [-0.3, -0.25) is 4.90 Å². The summed E-state index contributed by atoms with van der Waals surface area (Å²) in [5.74, 6) is 3.32. The van der Waals surface area contributed by atoms with Crippen molar-refractivity contribution in [1.82, 2.24) is 4.90 Å². The third kappa shape index (κ3) is 2.72. The van der Waals surface area contributed by atoms with Gasteiger partial charge in [-0.15, -0.1) is 12.3 Å². The average Bonchev–Trinajstić information content (AvgIpc) is 2.10. The molecule has 0 aromatic heterocycles. The summed E-state index contributed by atoms with van der Waals surface area (Å²) in [5.41, 5.74) is 5.95. The van der Waals surface area contributed by atoms with Crippen LogP contribution in [0, 0.1) is 18.3 Å². The van der Waals surface area contributed by atoms with Gasteiger partial charge in [0.15, 0.2) is 0 Å². The van der Waals surface area contributed by atoms with Crippen LogP contribution in [0.15, 0.2) is 0 Å². The molecule has 0 bridgehead atoms. The summed E-state index contributed by atoms with van der Waals surface area (Å²) in [7, 11) is 0. The maximum absolute atomic E-state index is 5.95. The summed E-state index contributed by atoms with van der Waals surface area (Å²) in [6.45, 7) is 6.63. The highest BCUT2D eigenvalue weighted by atomic mass is 15.2. The van der Waals surface area contributed by atoms with Gasteiger partial charge in [0, 0.05) is 25.0 Å². The zero-order chi connectivity index (χ0) is 9.84. The number of terminal acetylenes is 1. The molecule has 0 radical (unpaired) electrons. The van der Waals surface area contributed by atoms with E-state index in [1.54, 1.807) is 0 Å². The second kappa shape index (κ2) is 4.64. The Bertz CT molecular complexity index is 195. The Balaban J connectivity index is 2.41. The van der Waals surface area contributed by atoms with Gasteiger partial charge in [0.1, 0.15) is 0 Å². The largest absolute Gasteiger partial charge is 0.327 e. The molecule has 3 atom stereocenters. The van der Waals surface area contributed by atoms with Gasteiger partial charge in [-0.25, -0.2) is 0 Å². The van der Waals surface area contributed by atoms with E-state index in [1.807, 2.05) is 0 Å². The smallest absolute Gasteiger partial charge is 0.0240 e. The molecule has 0 aromatic carbocycles. The zero-order valence-electron chi connectivity index (χ0n) is 8.66. The van der Waals surface area contributed by atoms with Gasteiger partial charge in [-0.2, -0.15) is 0 Å². The number of hydrogen-bond donors (Lipinski definition) is 1. The first-order valence-corrected chi connectivity index (χ1v) is 5.08.